The van der Waals surface area contributed by atoms with E-state index in [4.69, 9.17) is 8.83 Å². The maximum atomic E-state index is 6.41. The molecular weight excluding hydrogens is 659 g/mol. The summed E-state index contributed by atoms with van der Waals surface area (Å²) in [6, 6.07) is 63.0. The Morgan fingerprint density at radius 1 is 0.370 bits per heavy atom. The predicted octanol–water partition coefficient (Wildman–Crippen LogP) is 14.6. The number of rotatable bonds is 5. The molecule has 0 atom stereocenters. The number of fused-ring (bicyclic) bond motifs is 9. The fraction of sp³-hybridized carbons (Fsp3) is 0.0588. The lowest BCUT2D eigenvalue weighted by Crippen LogP contribution is -2.17. The standard InChI is InChI=1S/C51H35NO2/c1-51(2)41-22-8-3-15-33(41)34-30-29-32(31-42(34)51)52(43-23-9-4-16-35(43)37-20-13-27-47-49(37)39-18-6-11-25-45(39)53-47)44-24-10-5-17-36(44)38-21-14-28-48-50(38)40-19-7-12-26-46(40)54-48/h3-31H,1-2H3. The van der Waals surface area contributed by atoms with E-state index in [2.05, 4.69) is 183 Å². The van der Waals surface area contributed by atoms with E-state index >= 15 is 0 Å². The molecule has 10 aromatic rings. The molecule has 1 aliphatic rings. The van der Waals surface area contributed by atoms with Gasteiger partial charge in [0.1, 0.15) is 22.3 Å². The Kier molecular flexibility index (Phi) is 6.60. The molecule has 11 rings (SSSR count). The Morgan fingerprint density at radius 3 is 1.41 bits per heavy atom. The van der Waals surface area contributed by atoms with Crippen molar-refractivity contribution in [3.05, 3.63) is 187 Å². The summed E-state index contributed by atoms with van der Waals surface area (Å²) in [5, 5.41) is 4.46. The van der Waals surface area contributed by atoms with Crippen molar-refractivity contribution < 1.29 is 8.83 Å². The van der Waals surface area contributed by atoms with E-state index in [0.717, 1.165) is 83.2 Å². The molecule has 8 aromatic carbocycles. The first-order chi connectivity index (χ1) is 26.6. The predicted molar refractivity (Wildman–Crippen MR) is 224 cm³/mol. The molecule has 0 saturated heterocycles. The van der Waals surface area contributed by atoms with E-state index < -0.39 is 0 Å². The maximum absolute atomic E-state index is 6.41. The highest BCUT2D eigenvalue weighted by Crippen LogP contribution is 2.53. The molecule has 3 nitrogen and oxygen atoms in total. The van der Waals surface area contributed by atoms with Crippen molar-refractivity contribution in [3.8, 4) is 33.4 Å². The van der Waals surface area contributed by atoms with Crippen molar-refractivity contribution in [2.24, 2.45) is 0 Å². The Balaban J connectivity index is 1.21. The van der Waals surface area contributed by atoms with Gasteiger partial charge in [-0.05, 0) is 81.9 Å². The lowest BCUT2D eigenvalue weighted by atomic mass is 9.82. The zero-order valence-electron chi connectivity index (χ0n) is 30.0. The van der Waals surface area contributed by atoms with E-state index in [-0.39, 0.29) is 5.41 Å². The van der Waals surface area contributed by atoms with Crippen LogP contribution in [-0.4, -0.2) is 0 Å². The Labute approximate surface area is 313 Å². The Hall–Kier alpha value is -6.84. The van der Waals surface area contributed by atoms with Gasteiger partial charge in [0.05, 0.1) is 11.4 Å². The monoisotopic (exact) mass is 693 g/mol. The molecular formula is C51H35NO2. The van der Waals surface area contributed by atoms with Crippen molar-refractivity contribution in [1.29, 1.82) is 0 Å². The van der Waals surface area contributed by atoms with Gasteiger partial charge < -0.3 is 13.7 Å². The largest absolute Gasteiger partial charge is 0.456 e. The molecule has 256 valence electrons. The van der Waals surface area contributed by atoms with Crippen LogP contribution in [0.4, 0.5) is 17.1 Å². The fourth-order valence-corrected chi connectivity index (χ4v) is 9.03. The molecule has 2 aromatic heterocycles. The first-order valence-corrected chi connectivity index (χ1v) is 18.6. The van der Waals surface area contributed by atoms with Crippen molar-refractivity contribution >= 4 is 60.9 Å². The Bertz CT molecular complexity index is 2950. The molecule has 3 heteroatoms. The molecule has 0 radical (unpaired) electrons. The highest BCUT2D eigenvalue weighted by atomic mass is 16.3. The summed E-state index contributed by atoms with van der Waals surface area (Å²) in [6.07, 6.45) is 0. The van der Waals surface area contributed by atoms with Crippen LogP contribution in [0.1, 0.15) is 25.0 Å². The molecule has 0 unspecified atom stereocenters. The minimum atomic E-state index is -0.157. The average Bonchev–Trinajstić information content (AvgIpc) is 3.86. The van der Waals surface area contributed by atoms with Crippen molar-refractivity contribution in [2.75, 3.05) is 4.90 Å². The number of benzene rings is 8. The van der Waals surface area contributed by atoms with Gasteiger partial charge in [-0.2, -0.15) is 0 Å². The van der Waals surface area contributed by atoms with Gasteiger partial charge in [0.15, 0.2) is 0 Å². The lowest BCUT2D eigenvalue weighted by Gasteiger charge is -2.31. The van der Waals surface area contributed by atoms with E-state index in [1.165, 1.54) is 22.3 Å². The number of para-hydroxylation sites is 4. The van der Waals surface area contributed by atoms with Crippen LogP contribution in [0.2, 0.25) is 0 Å². The average molecular weight is 694 g/mol. The topological polar surface area (TPSA) is 29.5 Å². The summed E-state index contributed by atoms with van der Waals surface area (Å²) < 4.78 is 12.8. The SMILES string of the molecule is CC1(C)c2ccccc2-c2ccc(N(c3ccccc3-c3cccc4oc5ccccc5c34)c3ccccc3-c3cccc4oc5ccccc5c34)cc21. The molecule has 0 fully saturated rings. The van der Waals surface area contributed by atoms with Crippen LogP contribution in [0.3, 0.4) is 0 Å². The quantitative estimate of drug-likeness (QED) is 0.180. The molecule has 0 saturated carbocycles. The number of hydrogen-bond acceptors (Lipinski definition) is 3. The van der Waals surface area contributed by atoms with E-state index in [9.17, 15) is 0 Å². The van der Waals surface area contributed by atoms with E-state index in [0.29, 0.717) is 0 Å². The summed E-state index contributed by atoms with van der Waals surface area (Å²) in [4.78, 5) is 2.46. The third-order valence-electron chi connectivity index (χ3n) is 11.5. The second-order valence-corrected chi connectivity index (χ2v) is 14.8. The molecule has 1 aliphatic carbocycles. The van der Waals surface area contributed by atoms with Crippen LogP contribution in [0.15, 0.2) is 185 Å². The van der Waals surface area contributed by atoms with Crippen molar-refractivity contribution in [3.63, 3.8) is 0 Å². The van der Waals surface area contributed by atoms with Crippen molar-refractivity contribution in [2.45, 2.75) is 19.3 Å². The molecule has 0 amide bonds. The first-order valence-electron chi connectivity index (χ1n) is 18.6. The third-order valence-corrected chi connectivity index (χ3v) is 11.5. The molecule has 0 N–H and O–H groups in total. The van der Waals surface area contributed by atoms with Gasteiger partial charge in [0, 0.05) is 43.8 Å². The second-order valence-electron chi connectivity index (χ2n) is 14.8. The first kappa shape index (κ1) is 30.8. The Morgan fingerprint density at radius 2 is 0.815 bits per heavy atom. The minimum Gasteiger partial charge on any atom is -0.456 e. The number of furan rings is 2. The summed E-state index contributed by atoms with van der Waals surface area (Å²) in [5.41, 5.74) is 16.5. The second kappa shape index (κ2) is 11.6. The molecule has 54 heavy (non-hydrogen) atoms. The highest BCUT2D eigenvalue weighted by molar-refractivity contribution is 6.16. The smallest absolute Gasteiger partial charge is 0.136 e. The summed E-state index contributed by atoms with van der Waals surface area (Å²) in [5.74, 6) is 0. The van der Waals surface area contributed by atoms with Crippen molar-refractivity contribution in [1.82, 2.24) is 0 Å². The summed E-state index contributed by atoms with van der Waals surface area (Å²) in [6.45, 7) is 4.70. The summed E-state index contributed by atoms with van der Waals surface area (Å²) in [7, 11) is 0. The van der Waals surface area contributed by atoms with E-state index in [1.807, 2.05) is 12.1 Å². The molecule has 0 aliphatic heterocycles. The van der Waals surface area contributed by atoms with E-state index in [1.54, 1.807) is 0 Å². The van der Waals surface area contributed by atoms with Crippen LogP contribution < -0.4 is 4.90 Å². The van der Waals surface area contributed by atoms with Gasteiger partial charge in [0.25, 0.3) is 0 Å². The van der Waals surface area contributed by atoms with Crippen LogP contribution in [0, 0.1) is 0 Å². The lowest BCUT2D eigenvalue weighted by molar-refractivity contribution is 0.660. The summed E-state index contributed by atoms with van der Waals surface area (Å²) >= 11 is 0. The third kappa shape index (κ3) is 4.42. The zero-order valence-corrected chi connectivity index (χ0v) is 30.0. The minimum absolute atomic E-state index is 0.157. The van der Waals surface area contributed by atoms with Gasteiger partial charge >= 0.3 is 0 Å². The molecule has 0 spiro atoms. The van der Waals surface area contributed by atoms with Gasteiger partial charge in [0.2, 0.25) is 0 Å². The highest BCUT2D eigenvalue weighted by Gasteiger charge is 2.36. The number of nitrogens with zero attached hydrogens (tertiary/aromatic N) is 1. The van der Waals surface area contributed by atoms with Crippen LogP contribution in [0.5, 0.6) is 0 Å². The van der Waals surface area contributed by atoms with Crippen LogP contribution >= 0.6 is 0 Å². The van der Waals surface area contributed by atoms with Gasteiger partial charge in [-0.15, -0.1) is 0 Å². The maximum Gasteiger partial charge on any atom is 0.136 e. The number of hydrogen-bond donors (Lipinski definition) is 0. The fourth-order valence-electron chi connectivity index (χ4n) is 9.03. The van der Waals surface area contributed by atoms with Gasteiger partial charge in [-0.25, -0.2) is 0 Å². The van der Waals surface area contributed by atoms with Gasteiger partial charge in [-0.3, -0.25) is 0 Å². The molecule has 0 bridgehead atoms. The number of anilines is 3. The van der Waals surface area contributed by atoms with Crippen LogP contribution in [0.25, 0.3) is 77.3 Å². The van der Waals surface area contributed by atoms with Gasteiger partial charge in [-0.1, -0.05) is 141 Å². The normalized spacial score (nSPS) is 13.1. The zero-order chi connectivity index (χ0) is 36.0. The molecule has 2 heterocycles. The van der Waals surface area contributed by atoms with Crippen LogP contribution in [-0.2, 0) is 5.41 Å².